The summed E-state index contributed by atoms with van der Waals surface area (Å²) in [6, 6.07) is 2.64. The van der Waals surface area contributed by atoms with Crippen molar-refractivity contribution in [3.63, 3.8) is 0 Å². The maximum Gasteiger partial charge on any atom is 0.254 e. The Morgan fingerprint density at radius 1 is 1.43 bits per heavy atom. The van der Waals surface area contributed by atoms with Gasteiger partial charge in [-0.2, -0.15) is 14.6 Å². The maximum absolute atomic E-state index is 4.43. The molecule has 6 nitrogen and oxygen atoms in total. The van der Waals surface area contributed by atoms with Crippen LogP contribution in [0.1, 0.15) is 32.4 Å². The zero-order chi connectivity index (χ0) is 14.8. The average Bonchev–Trinajstić information content (AvgIpc) is 3.05. The second-order valence-corrected chi connectivity index (χ2v) is 6.27. The van der Waals surface area contributed by atoms with Crippen molar-refractivity contribution in [3.8, 4) is 0 Å². The summed E-state index contributed by atoms with van der Waals surface area (Å²) < 4.78 is 1.85. The van der Waals surface area contributed by atoms with E-state index < -0.39 is 0 Å². The van der Waals surface area contributed by atoms with E-state index in [4.69, 9.17) is 0 Å². The Bertz CT molecular complexity index is 605. The van der Waals surface area contributed by atoms with Gasteiger partial charge in [0, 0.05) is 30.9 Å². The van der Waals surface area contributed by atoms with Gasteiger partial charge < -0.3 is 10.2 Å². The SMILES string of the molecule is Cc1cc(N2CCCC2CNCC(C)C)n2ncnc2n1. The molecule has 0 spiro atoms. The second kappa shape index (κ2) is 5.97. The Hall–Kier alpha value is -1.69. The minimum atomic E-state index is 0.526. The van der Waals surface area contributed by atoms with Crippen LogP contribution in [0.5, 0.6) is 0 Å². The zero-order valence-corrected chi connectivity index (χ0v) is 13.1. The lowest BCUT2D eigenvalue weighted by molar-refractivity contribution is 0.510. The molecule has 21 heavy (non-hydrogen) atoms. The van der Waals surface area contributed by atoms with Crippen LogP contribution in [0.25, 0.3) is 5.78 Å². The van der Waals surface area contributed by atoms with E-state index in [0.29, 0.717) is 17.7 Å². The lowest BCUT2D eigenvalue weighted by Gasteiger charge is -2.27. The zero-order valence-electron chi connectivity index (χ0n) is 13.1. The highest BCUT2D eigenvalue weighted by atomic mass is 15.4. The molecule has 1 atom stereocenters. The smallest absolute Gasteiger partial charge is 0.254 e. The molecule has 0 saturated carbocycles. The van der Waals surface area contributed by atoms with Crippen molar-refractivity contribution in [3.05, 3.63) is 18.1 Å². The van der Waals surface area contributed by atoms with Gasteiger partial charge in [-0.1, -0.05) is 13.8 Å². The van der Waals surface area contributed by atoms with Gasteiger partial charge >= 0.3 is 0 Å². The summed E-state index contributed by atoms with van der Waals surface area (Å²) >= 11 is 0. The molecule has 0 bridgehead atoms. The number of rotatable bonds is 5. The highest BCUT2D eigenvalue weighted by molar-refractivity contribution is 5.48. The number of aryl methyl sites for hydroxylation is 1. The summed E-state index contributed by atoms with van der Waals surface area (Å²) in [6.45, 7) is 9.66. The standard InChI is InChI=1S/C15H24N6/c1-11(2)8-16-9-13-5-4-6-20(13)14-7-12(3)19-15-17-10-18-21(14)15/h7,10-11,13,16H,4-6,8-9H2,1-3H3. The maximum atomic E-state index is 4.43. The Balaban J connectivity index is 1.81. The Morgan fingerprint density at radius 3 is 3.10 bits per heavy atom. The van der Waals surface area contributed by atoms with E-state index in [2.05, 4.69) is 45.2 Å². The van der Waals surface area contributed by atoms with Crippen molar-refractivity contribution < 1.29 is 0 Å². The first-order valence-corrected chi connectivity index (χ1v) is 7.80. The first-order valence-electron chi connectivity index (χ1n) is 7.80. The van der Waals surface area contributed by atoms with Crippen LogP contribution in [-0.4, -0.2) is 45.3 Å². The molecule has 1 aliphatic rings. The molecule has 0 aliphatic carbocycles. The van der Waals surface area contributed by atoms with Gasteiger partial charge in [-0.3, -0.25) is 0 Å². The normalized spacial score (nSPS) is 19.0. The third kappa shape index (κ3) is 3.00. The molecule has 0 amide bonds. The van der Waals surface area contributed by atoms with Crippen molar-refractivity contribution in [2.45, 2.75) is 39.7 Å². The van der Waals surface area contributed by atoms with Crippen LogP contribution in [0, 0.1) is 12.8 Å². The van der Waals surface area contributed by atoms with Crippen molar-refractivity contribution in [2.24, 2.45) is 5.92 Å². The topological polar surface area (TPSA) is 58.4 Å². The molecule has 114 valence electrons. The highest BCUT2D eigenvalue weighted by Gasteiger charge is 2.26. The summed E-state index contributed by atoms with van der Waals surface area (Å²) in [6.07, 6.45) is 4.03. The van der Waals surface area contributed by atoms with E-state index in [1.54, 1.807) is 6.33 Å². The molecule has 1 fully saturated rings. The van der Waals surface area contributed by atoms with Crippen LogP contribution in [0.15, 0.2) is 12.4 Å². The van der Waals surface area contributed by atoms with Crippen LogP contribution in [-0.2, 0) is 0 Å². The molecule has 0 aromatic carbocycles. The molecule has 1 aliphatic heterocycles. The molecule has 6 heteroatoms. The highest BCUT2D eigenvalue weighted by Crippen LogP contribution is 2.25. The van der Waals surface area contributed by atoms with Gasteiger partial charge in [0.2, 0.25) is 0 Å². The van der Waals surface area contributed by atoms with E-state index in [-0.39, 0.29) is 0 Å². The monoisotopic (exact) mass is 288 g/mol. The molecule has 1 unspecified atom stereocenters. The van der Waals surface area contributed by atoms with Crippen molar-refractivity contribution in [1.29, 1.82) is 0 Å². The molecule has 3 heterocycles. The van der Waals surface area contributed by atoms with Gasteiger partial charge in [0.05, 0.1) is 0 Å². The molecule has 3 rings (SSSR count). The lowest BCUT2D eigenvalue weighted by atomic mass is 10.2. The first kappa shape index (κ1) is 14.3. The number of hydrogen-bond acceptors (Lipinski definition) is 5. The third-order valence-corrected chi connectivity index (χ3v) is 3.97. The van der Waals surface area contributed by atoms with Gasteiger partial charge in [-0.05, 0) is 32.2 Å². The summed E-state index contributed by atoms with van der Waals surface area (Å²) in [5.41, 5.74) is 0.992. The Morgan fingerprint density at radius 2 is 2.29 bits per heavy atom. The lowest BCUT2D eigenvalue weighted by Crippen LogP contribution is -2.40. The molecule has 2 aromatic rings. The largest absolute Gasteiger partial charge is 0.352 e. The quantitative estimate of drug-likeness (QED) is 0.906. The minimum absolute atomic E-state index is 0.526. The fourth-order valence-corrected chi connectivity index (χ4v) is 3.00. The van der Waals surface area contributed by atoms with Gasteiger partial charge in [-0.15, -0.1) is 0 Å². The van der Waals surface area contributed by atoms with E-state index in [0.717, 1.165) is 31.1 Å². The van der Waals surface area contributed by atoms with Gasteiger partial charge in [0.25, 0.3) is 5.78 Å². The van der Waals surface area contributed by atoms with Gasteiger partial charge in [0.1, 0.15) is 12.1 Å². The number of aromatic nitrogens is 4. The molecule has 1 saturated heterocycles. The number of fused-ring (bicyclic) bond motifs is 1. The van der Waals surface area contributed by atoms with E-state index >= 15 is 0 Å². The van der Waals surface area contributed by atoms with Crippen LogP contribution in [0.2, 0.25) is 0 Å². The first-order chi connectivity index (χ1) is 10.1. The van der Waals surface area contributed by atoms with E-state index in [9.17, 15) is 0 Å². The fourth-order valence-electron chi connectivity index (χ4n) is 3.00. The summed E-state index contributed by atoms with van der Waals surface area (Å²) in [5, 5.41) is 7.91. The summed E-state index contributed by atoms with van der Waals surface area (Å²) in [4.78, 5) is 11.1. The van der Waals surface area contributed by atoms with Crippen LogP contribution in [0.4, 0.5) is 5.82 Å². The predicted molar refractivity (Wildman–Crippen MR) is 83.6 cm³/mol. The van der Waals surface area contributed by atoms with E-state index in [1.165, 1.54) is 12.8 Å². The third-order valence-electron chi connectivity index (χ3n) is 3.97. The second-order valence-electron chi connectivity index (χ2n) is 6.27. The van der Waals surface area contributed by atoms with Crippen LogP contribution >= 0.6 is 0 Å². The van der Waals surface area contributed by atoms with Gasteiger partial charge in [0.15, 0.2) is 0 Å². The number of nitrogens with zero attached hydrogens (tertiary/aromatic N) is 5. The minimum Gasteiger partial charge on any atom is -0.352 e. The van der Waals surface area contributed by atoms with Crippen LogP contribution < -0.4 is 10.2 Å². The van der Waals surface area contributed by atoms with Crippen molar-refractivity contribution in [2.75, 3.05) is 24.5 Å². The predicted octanol–water partition coefficient (Wildman–Crippen LogP) is 1.65. The number of anilines is 1. The Labute approximate surface area is 125 Å². The molecule has 2 aromatic heterocycles. The average molecular weight is 288 g/mol. The summed E-state index contributed by atoms with van der Waals surface area (Å²) in [7, 11) is 0. The Kier molecular flexibility index (Phi) is 4.05. The molecular formula is C15H24N6. The van der Waals surface area contributed by atoms with E-state index in [1.807, 2.05) is 11.4 Å². The van der Waals surface area contributed by atoms with Gasteiger partial charge in [-0.25, -0.2) is 4.98 Å². The summed E-state index contributed by atoms with van der Waals surface area (Å²) in [5.74, 6) is 2.49. The number of nitrogens with one attached hydrogen (secondary N) is 1. The fraction of sp³-hybridized carbons (Fsp3) is 0.667. The molecule has 1 N–H and O–H groups in total. The van der Waals surface area contributed by atoms with Crippen molar-refractivity contribution >= 4 is 11.6 Å². The number of hydrogen-bond donors (Lipinski definition) is 1. The van der Waals surface area contributed by atoms with Crippen molar-refractivity contribution in [1.82, 2.24) is 24.9 Å². The molecular weight excluding hydrogens is 264 g/mol. The van der Waals surface area contributed by atoms with Crippen LogP contribution in [0.3, 0.4) is 0 Å². The molecule has 0 radical (unpaired) electrons.